The highest BCUT2D eigenvalue weighted by molar-refractivity contribution is 5.94. The summed E-state index contributed by atoms with van der Waals surface area (Å²) in [6.07, 6.45) is -1.19. The Morgan fingerprint density at radius 2 is 2.00 bits per heavy atom. The van der Waals surface area contributed by atoms with E-state index < -0.39 is 17.3 Å². The Kier molecular flexibility index (Phi) is 5.90. The second kappa shape index (κ2) is 8.25. The Morgan fingerprint density at radius 3 is 2.60 bits per heavy atom. The fourth-order valence-corrected chi connectivity index (χ4v) is 2.80. The van der Waals surface area contributed by atoms with Crippen molar-refractivity contribution >= 4 is 29.4 Å². The second-order valence-corrected chi connectivity index (χ2v) is 7.45. The van der Waals surface area contributed by atoms with Gasteiger partial charge in [-0.25, -0.2) is 4.98 Å². The average Bonchev–Trinajstić information content (AvgIpc) is 3.37. The number of halogens is 3. The molecule has 11 heteroatoms. The van der Waals surface area contributed by atoms with Gasteiger partial charge in [0.15, 0.2) is 7.05 Å². The molecule has 0 saturated heterocycles. The first kappa shape index (κ1) is 21.5. The number of hydrogen-bond donors (Lipinski definition) is 4. The maximum Gasteiger partial charge on any atom is 0.421 e. The van der Waals surface area contributed by atoms with Crippen molar-refractivity contribution in [3.05, 3.63) is 40.4 Å². The Labute approximate surface area is 171 Å². The van der Waals surface area contributed by atoms with Gasteiger partial charge in [-0.3, -0.25) is 0 Å². The van der Waals surface area contributed by atoms with Gasteiger partial charge in [0, 0.05) is 34.1 Å². The first-order chi connectivity index (χ1) is 14.1. The van der Waals surface area contributed by atoms with Gasteiger partial charge in [-0.1, -0.05) is 6.07 Å². The molecule has 0 aliphatic heterocycles. The summed E-state index contributed by atoms with van der Waals surface area (Å²) in [6.45, 7) is 2.46. The van der Waals surface area contributed by atoms with Crippen LogP contribution >= 0.6 is 0 Å². The van der Waals surface area contributed by atoms with E-state index in [0.29, 0.717) is 23.5 Å². The number of nitrogens with one attached hydrogen (secondary N) is 4. The molecule has 0 radical (unpaired) electrons. The van der Waals surface area contributed by atoms with E-state index in [-0.39, 0.29) is 18.3 Å². The number of likely N-dealkylation sites (N-methyl/N-ethyl adjacent to an activating group) is 1. The van der Waals surface area contributed by atoms with Crippen molar-refractivity contribution in [1.29, 1.82) is 5.41 Å². The molecule has 8 nitrogen and oxygen atoms in total. The molecule has 1 aromatic heterocycles. The van der Waals surface area contributed by atoms with Crippen LogP contribution in [0.25, 0.3) is 0 Å². The average molecular weight is 422 g/mol. The zero-order chi connectivity index (χ0) is 21.9. The maximum absolute atomic E-state index is 13.3. The fourth-order valence-electron chi connectivity index (χ4n) is 2.80. The molecular weight excluding hydrogens is 399 g/mol. The quantitative estimate of drug-likeness (QED) is 0.359. The van der Waals surface area contributed by atoms with Crippen LogP contribution in [0.3, 0.4) is 0 Å². The normalized spacial score (nSPS) is 14.7. The number of nitrogens with zero attached hydrogens (tertiary/aromatic N) is 3. The molecule has 0 unspecified atom stereocenters. The third-order valence-corrected chi connectivity index (χ3v) is 4.75. The summed E-state index contributed by atoms with van der Waals surface area (Å²) in [5.74, 6) is -0.293. The first-order valence-electron chi connectivity index (χ1n) is 9.36. The van der Waals surface area contributed by atoms with Crippen molar-refractivity contribution in [3.63, 3.8) is 0 Å². The zero-order valence-electron chi connectivity index (χ0n) is 16.6. The highest BCUT2D eigenvalue weighted by Gasteiger charge is 2.42. The van der Waals surface area contributed by atoms with E-state index in [1.807, 2.05) is 6.92 Å². The van der Waals surface area contributed by atoms with Gasteiger partial charge in [0.25, 0.3) is 0 Å². The molecule has 1 saturated carbocycles. The monoisotopic (exact) mass is 422 g/mol. The van der Waals surface area contributed by atoms with Gasteiger partial charge in [0.05, 0.1) is 12.2 Å². The van der Waals surface area contributed by atoms with E-state index >= 15 is 0 Å². The number of anilines is 4. The predicted octanol–water partition coefficient (Wildman–Crippen LogP) is 4.02. The van der Waals surface area contributed by atoms with Crippen molar-refractivity contribution in [2.45, 2.75) is 31.5 Å². The number of rotatable bonds is 9. The van der Waals surface area contributed by atoms with E-state index in [1.54, 1.807) is 18.2 Å². The third-order valence-electron chi connectivity index (χ3n) is 4.75. The van der Waals surface area contributed by atoms with Gasteiger partial charge < -0.3 is 21.4 Å². The largest absolute Gasteiger partial charge is 0.421 e. The number of benzene rings is 1. The van der Waals surface area contributed by atoms with Gasteiger partial charge in [-0.2, -0.15) is 18.2 Å². The van der Waals surface area contributed by atoms with Gasteiger partial charge in [0.2, 0.25) is 12.5 Å². The third kappa shape index (κ3) is 5.22. The summed E-state index contributed by atoms with van der Waals surface area (Å²) in [5.41, 5.74) is 0.204. The standard InChI is InChI=1S/C19H23F3N7O/c1-18(6-7-18)28-16-13(19(20,21)22)11-25-17(27-16)26-15-5-3-4-14(12(15)10-23)24-8-9-29(2)30/h3-5,10-11,23-24H,6-9H2,1-2H3,(H2,25,26,27,28)/q+1. The van der Waals surface area contributed by atoms with Gasteiger partial charge in [0.1, 0.15) is 11.4 Å². The van der Waals surface area contributed by atoms with E-state index in [0.717, 1.165) is 30.0 Å². The lowest BCUT2D eigenvalue weighted by Crippen LogP contribution is -2.22. The highest BCUT2D eigenvalue weighted by Crippen LogP contribution is 2.41. The van der Waals surface area contributed by atoms with Crippen molar-refractivity contribution < 1.29 is 17.9 Å². The summed E-state index contributed by atoms with van der Waals surface area (Å²) in [7, 11) is 1.41. The van der Waals surface area contributed by atoms with E-state index in [9.17, 15) is 18.1 Å². The molecular formula is C19H23F3N7O+. The molecule has 0 amide bonds. The second-order valence-electron chi connectivity index (χ2n) is 7.45. The van der Waals surface area contributed by atoms with E-state index in [4.69, 9.17) is 5.41 Å². The molecule has 0 bridgehead atoms. The van der Waals surface area contributed by atoms with Gasteiger partial charge in [-0.15, -0.1) is 0 Å². The van der Waals surface area contributed by atoms with Crippen molar-refractivity contribution in [2.24, 2.45) is 0 Å². The Morgan fingerprint density at radius 1 is 1.30 bits per heavy atom. The summed E-state index contributed by atoms with van der Waals surface area (Å²) in [4.78, 5) is 18.9. The minimum absolute atomic E-state index is 0.0192. The first-order valence-corrected chi connectivity index (χ1v) is 9.36. The van der Waals surface area contributed by atoms with Crippen molar-refractivity contribution in [3.8, 4) is 0 Å². The lowest BCUT2D eigenvalue weighted by atomic mass is 10.1. The van der Waals surface area contributed by atoms with Crippen LogP contribution < -0.4 is 16.0 Å². The topological polar surface area (TPSA) is 106 Å². The molecule has 160 valence electrons. The smallest absolute Gasteiger partial charge is 0.378 e. The molecule has 30 heavy (non-hydrogen) atoms. The van der Waals surface area contributed by atoms with Crippen LogP contribution in [0.15, 0.2) is 24.4 Å². The van der Waals surface area contributed by atoms with Gasteiger partial charge >= 0.3 is 6.18 Å². The van der Waals surface area contributed by atoms with Crippen LogP contribution in [0.4, 0.5) is 36.3 Å². The highest BCUT2D eigenvalue weighted by atomic mass is 19.4. The summed E-state index contributed by atoms with van der Waals surface area (Å²) >= 11 is 0. The summed E-state index contributed by atoms with van der Waals surface area (Å²) in [6, 6.07) is 5.12. The molecule has 4 N–H and O–H groups in total. The van der Waals surface area contributed by atoms with Crippen LogP contribution in [-0.4, -0.2) is 46.6 Å². The Hall–Kier alpha value is -3.24. The molecule has 1 aliphatic rings. The molecule has 0 spiro atoms. The van der Waals surface area contributed by atoms with Crippen LogP contribution in [0.1, 0.15) is 30.9 Å². The van der Waals surface area contributed by atoms with Crippen LogP contribution in [0.5, 0.6) is 0 Å². The summed E-state index contributed by atoms with van der Waals surface area (Å²) < 4.78 is 40.8. The Bertz CT molecular complexity index is 958. The van der Waals surface area contributed by atoms with E-state index in [2.05, 4.69) is 25.9 Å². The lowest BCUT2D eigenvalue weighted by Gasteiger charge is -2.19. The number of alkyl halides is 3. The Balaban J connectivity index is 1.87. The van der Waals surface area contributed by atoms with Crippen molar-refractivity contribution in [1.82, 2.24) is 9.97 Å². The SMILES string of the molecule is C[N+](=O)CCNc1cccc(Nc2ncc(C(F)(F)F)c(NC3(C)CC3)n2)c1C=N. The number of nitroso groups, excluding NO2 is 1. The minimum Gasteiger partial charge on any atom is -0.378 e. The predicted molar refractivity (Wildman–Crippen MR) is 109 cm³/mol. The van der Waals surface area contributed by atoms with E-state index in [1.165, 1.54) is 7.05 Å². The molecule has 0 atom stereocenters. The molecule has 1 aliphatic carbocycles. The number of hydrogen-bond acceptors (Lipinski definition) is 7. The molecule has 1 fully saturated rings. The molecule has 2 aromatic rings. The number of aromatic nitrogens is 2. The van der Waals surface area contributed by atoms with Gasteiger partial charge in [-0.05, 0) is 36.7 Å². The van der Waals surface area contributed by atoms with Crippen molar-refractivity contribution in [2.75, 3.05) is 36.1 Å². The zero-order valence-corrected chi connectivity index (χ0v) is 16.6. The molecule has 1 heterocycles. The van der Waals surface area contributed by atoms with Crippen LogP contribution in [0, 0.1) is 10.3 Å². The lowest BCUT2D eigenvalue weighted by molar-refractivity contribution is -0.515. The minimum atomic E-state index is -4.58. The summed E-state index contributed by atoms with van der Waals surface area (Å²) in [5, 5.41) is 16.5. The maximum atomic E-state index is 13.3. The molecule has 1 aromatic carbocycles. The van der Waals surface area contributed by atoms with Crippen LogP contribution in [-0.2, 0) is 6.18 Å². The van der Waals surface area contributed by atoms with Crippen LogP contribution in [0.2, 0.25) is 0 Å². The molecule has 3 rings (SSSR count). The fraction of sp³-hybridized carbons (Fsp3) is 0.421.